The van der Waals surface area contributed by atoms with Crippen LogP contribution >= 0.6 is 22.9 Å². The molecule has 3 aromatic rings. The van der Waals surface area contributed by atoms with Gasteiger partial charge in [0.2, 0.25) is 0 Å². The van der Waals surface area contributed by atoms with Gasteiger partial charge in [-0.25, -0.2) is 0 Å². The molecule has 29 heavy (non-hydrogen) atoms. The van der Waals surface area contributed by atoms with E-state index >= 15 is 0 Å². The molecule has 10 heteroatoms. The van der Waals surface area contributed by atoms with Crippen LogP contribution in [0.1, 0.15) is 21.5 Å². The van der Waals surface area contributed by atoms with Gasteiger partial charge in [0.25, 0.3) is 11.6 Å². The van der Waals surface area contributed by atoms with Gasteiger partial charge in [-0.3, -0.25) is 19.7 Å². The minimum Gasteiger partial charge on any atom is -0.468 e. The number of nitro benzene ring substituents is 1. The number of halogens is 1. The molecule has 1 aromatic heterocycles. The van der Waals surface area contributed by atoms with Crippen LogP contribution < -0.4 is 4.80 Å². The molecule has 0 N–H and O–H groups in total. The normalized spacial score (nSPS) is 11.7. The van der Waals surface area contributed by atoms with Crippen molar-refractivity contribution in [2.45, 2.75) is 20.4 Å². The van der Waals surface area contributed by atoms with Crippen LogP contribution in [0.25, 0.3) is 10.2 Å². The number of hydrogen-bond donors (Lipinski definition) is 0. The Morgan fingerprint density at radius 2 is 2.00 bits per heavy atom. The summed E-state index contributed by atoms with van der Waals surface area (Å²) in [6.45, 7) is 3.68. The van der Waals surface area contributed by atoms with Crippen LogP contribution in [0.3, 0.4) is 0 Å². The van der Waals surface area contributed by atoms with Crippen molar-refractivity contribution in [3.8, 4) is 0 Å². The highest BCUT2D eigenvalue weighted by molar-refractivity contribution is 7.16. The third kappa shape index (κ3) is 4.20. The zero-order chi connectivity index (χ0) is 21.3. The van der Waals surface area contributed by atoms with Crippen molar-refractivity contribution >= 4 is 50.7 Å². The minimum atomic E-state index is -0.821. The van der Waals surface area contributed by atoms with Gasteiger partial charge in [0.15, 0.2) is 4.80 Å². The number of nitro groups is 1. The highest BCUT2D eigenvalue weighted by atomic mass is 35.5. The van der Waals surface area contributed by atoms with Crippen LogP contribution in [0.2, 0.25) is 5.02 Å². The lowest BCUT2D eigenvalue weighted by atomic mass is 10.1. The van der Waals surface area contributed by atoms with E-state index in [1.807, 2.05) is 26.0 Å². The highest BCUT2D eigenvalue weighted by Crippen LogP contribution is 2.25. The quantitative estimate of drug-likeness (QED) is 0.353. The van der Waals surface area contributed by atoms with E-state index in [1.54, 1.807) is 4.57 Å². The van der Waals surface area contributed by atoms with Gasteiger partial charge in [-0.1, -0.05) is 29.0 Å². The molecule has 8 nitrogen and oxygen atoms in total. The summed E-state index contributed by atoms with van der Waals surface area (Å²) >= 11 is 7.12. The molecule has 150 valence electrons. The first-order chi connectivity index (χ1) is 13.7. The number of methoxy groups -OCH3 is 1. The summed E-state index contributed by atoms with van der Waals surface area (Å²) in [5.41, 5.74) is 2.05. The maximum Gasteiger partial charge on any atom is 0.325 e. The smallest absolute Gasteiger partial charge is 0.325 e. The van der Waals surface area contributed by atoms with Crippen molar-refractivity contribution in [1.29, 1.82) is 0 Å². The van der Waals surface area contributed by atoms with Crippen molar-refractivity contribution in [2.24, 2.45) is 4.99 Å². The zero-order valence-electron chi connectivity index (χ0n) is 15.8. The Bertz CT molecular complexity index is 1230. The van der Waals surface area contributed by atoms with Crippen LogP contribution in [0.15, 0.2) is 35.3 Å². The van der Waals surface area contributed by atoms with Crippen LogP contribution in [-0.2, 0) is 16.1 Å². The lowest BCUT2D eigenvalue weighted by molar-refractivity contribution is -0.385. The molecule has 0 spiro atoms. The molecule has 0 saturated heterocycles. The molecule has 3 rings (SSSR count). The summed E-state index contributed by atoms with van der Waals surface area (Å²) in [6, 6.07) is 7.58. The van der Waals surface area contributed by atoms with Crippen molar-refractivity contribution < 1.29 is 19.2 Å². The Balaban J connectivity index is 2.25. The molecule has 0 unspecified atom stereocenters. The number of carbonyl (C=O) groups is 2. The van der Waals surface area contributed by atoms with E-state index in [9.17, 15) is 19.7 Å². The summed E-state index contributed by atoms with van der Waals surface area (Å²) in [7, 11) is 1.27. The van der Waals surface area contributed by atoms with Crippen molar-refractivity contribution in [1.82, 2.24) is 4.57 Å². The van der Waals surface area contributed by atoms with E-state index < -0.39 is 22.5 Å². The number of carbonyl (C=O) groups excluding carboxylic acids is 2. The van der Waals surface area contributed by atoms with Gasteiger partial charge in [-0.15, -0.1) is 0 Å². The van der Waals surface area contributed by atoms with Crippen LogP contribution in [0.4, 0.5) is 5.69 Å². The summed E-state index contributed by atoms with van der Waals surface area (Å²) < 4.78 is 7.17. The van der Waals surface area contributed by atoms with Crippen LogP contribution in [0, 0.1) is 24.0 Å². The molecule has 1 amide bonds. The van der Waals surface area contributed by atoms with Crippen LogP contribution in [0.5, 0.6) is 0 Å². The van der Waals surface area contributed by atoms with E-state index in [0.717, 1.165) is 27.4 Å². The number of hydrogen-bond acceptors (Lipinski definition) is 6. The molecule has 0 aliphatic rings. The van der Waals surface area contributed by atoms with Gasteiger partial charge in [-0.2, -0.15) is 4.99 Å². The fourth-order valence-electron chi connectivity index (χ4n) is 3.00. The Kier molecular flexibility index (Phi) is 5.81. The predicted octanol–water partition coefficient (Wildman–Crippen LogP) is 3.80. The maximum absolute atomic E-state index is 12.8. The summed E-state index contributed by atoms with van der Waals surface area (Å²) in [4.78, 5) is 39.6. The summed E-state index contributed by atoms with van der Waals surface area (Å²) in [5, 5.41) is 11.4. The van der Waals surface area contributed by atoms with Crippen molar-refractivity contribution in [2.75, 3.05) is 7.11 Å². The molecular formula is C19H16ClN3O5S. The Morgan fingerprint density at radius 1 is 1.28 bits per heavy atom. The topological polar surface area (TPSA) is 104 Å². The second-order valence-corrected chi connectivity index (χ2v) is 7.76. The Morgan fingerprint density at radius 3 is 2.66 bits per heavy atom. The first kappa shape index (κ1) is 20.7. The molecular weight excluding hydrogens is 418 g/mol. The second-order valence-electron chi connectivity index (χ2n) is 6.31. The first-order valence-electron chi connectivity index (χ1n) is 8.41. The number of benzene rings is 2. The minimum absolute atomic E-state index is 0.149. The number of thiazole rings is 1. The average Bonchev–Trinajstić information content (AvgIpc) is 2.98. The van der Waals surface area contributed by atoms with E-state index in [4.69, 9.17) is 16.3 Å². The number of aryl methyl sites for hydroxylation is 2. The number of esters is 1. The van der Waals surface area contributed by atoms with E-state index in [-0.39, 0.29) is 21.9 Å². The molecule has 0 atom stereocenters. The van der Waals surface area contributed by atoms with Gasteiger partial charge in [0, 0.05) is 11.1 Å². The van der Waals surface area contributed by atoms with Gasteiger partial charge < -0.3 is 9.30 Å². The first-order valence-corrected chi connectivity index (χ1v) is 9.61. The van der Waals surface area contributed by atoms with Crippen molar-refractivity contribution in [3.63, 3.8) is 0 Å². The van der Waals surface area contributed by atoms with Gasteiger partial charge in [0.05, 0.1) is 22.2 Å². The second kappa shape index (κ2) is 8.14. The number of amides is 1. The fourth-order valence-corrected chi connectivity index (χ4v) is 4.38. The van der Waals surface area contributed by atoms with Gasteiger partial charge in [0.1, 0.15) is 12.1 Å². The lowest BCUT2D eigenvalue weighted by Crippen LogP contribution is -2.23. The average molecular weight is 434 g/mol. The van der Waals surface area contributed by atoms with E-state index in [2.05, 4.69) is 4.99 Å². The summed E-state index contributed by atoms with van der Waals surface area (Å²) in [5.74, 6) is -1.33. The molecule has 0 aliphatic carbocycles. The van der Waals surface area contributed by atoms with Crippen molar-refractivity contribution in [3.05, 3.63) is 67.0 Å². The lowest BCUT2D eigenvalue weighted by Gasteiger charge is -2.06. The highest BCUT2D eigenvalue weighted by Gasteiger charge is 2.21. The molecule has 1 heterocycles. The van der Waals surface area contributed by atoms with E-state index in [0.29, 0.717) is 0 Å². The largest absolute Gasteiger partial charge is 0.468 e. The molecule has 2 aromatic carbocycles. The monoisotopic (exact) mass is 433 g/mol. The number of fused-ring (bicyclic) bond motifs is 1. The summed E-state index contributed by atoms with van der Waals surface area (Å²) in [6.07, 6.45) is 0. The molecule has 0 bridgehead atoms. The number of ether oxygens (including phenoxy) is 1. The number of aromatic nitrogens is 1. The van der Waals surface area contributed by atoms with Gasteiger partial charge >= 0.3 is 5.97 Å². The maximum atomic E-state index is 12.8. The van der Waals surface area contributed by atoms with Gasteiger partial charge in [-0.05, 0) is 43.2 Å². The molecule has 0 saturated carbocycles. The SMILES string of the molecule is COC(=O)Cn1c(=NC(=O)c2cc(Cl)ccc2[N+](=O)[O-])sc2cc(C)cc(C)c21. The number of nitrogens with zero attached hydrogens (tertiary/aromatic N) is 3. The zero-order valence-corrected chi connectivity index (χ0v) is 17.3. The number of rotatable bonds is 4. The van der Waals surface area contributed by atoms with Crippen LogP contribution in [-0.4, -0.2) is 28.5 Å². The third-order valence-corrected chi connectivity index (χ3v) is 5.47. The fraction of sp³-hybridized carbons (Fsp3) is 0.211. The standard InChI is InChI=1S/C19H16ClN3O5S/c1-10-6-11(2)17-15(7-10)29-19(22(17)9-16(24)28-3)21-18(25)13-8-12(20)4-5-14(13)23(26)27/h4-8H,9H2,1-3H3. The predicted molar refractivity (Wildman–Crippen MR) is 109 cm³/mol. The van der Waals surface area contributed by atoms with E-state index in [1.165, 1.54) is 30.6 Å². The third-order valence-electron chi connectivity index (χ3n) is 4.21. The molecule has 0 aliphatic heterocycles. The Hall–Kier alpha value is -3.04. The molecule has 0 fully saturated rings. The Labute approximate surface area is 174 Å². The molecule has 0 radical (unpaired) electrons.